The lowest BCUT2D eigenvalue weighted by Crippen LogP contribution is -2.51. The number of imidazole rings is 1. The van der Waals surface area contributed by atoms with Crippen molar-refractivity contribution in [3.05, 3.63) is 23.5 Å². The number of ether oxygens (including phenoxy) is 2. The van der Waals surface area contributed by atoms with Crippen molar-refractivity contribution < 1.29 is 9.47 Å². The minimum absolute atomic E-state index is 0.0928. The lowest BCUT2D eigenvalue weighted by Gasteiger charge is -2.34. The number of thiazole rings is 1. The molecule has 8 heteroatoms. The second-order valence-corrected chi connectivity index (χ2v) is 5.99. The van der Waals surface area contributed by atoms with E-state index in [0.29, 0.717) is 19.8 Å². The number of aliphatic imine (C=N–C) groups is 1. The quantitative estimate of drug-likeness (QED) is 0.667. The molecular weight excluding hydrogens is 302 g/mol. The molecule has 3 heterocycles. The first kappa shape index (κ1) is 15.3. The van der Waals surface area contributed by atoms with Gasteiger partial charge in [-0.05, 0) is 0 Å². The van der Waals surface area contributed by atoms with E-state index in [2.05, 4.69) is 20.2 Å². The summed E-state index contributed by atoms with van der Waals surface area (Å²) in [6.07, 6.45) is 4.15. The van der Waals surface area contributed by atoms with Crippen LogP contribution in [0, 0.1) is 0 Å². The molecule has 1 atom stereocenters. The van der Waals surface area contributed by atoms with Crippen LogP contribution in [-0.2, 0) is 16.0 Å². The molecule has 7 nitrogen and oxygen atoms in total. The van der Waals surface area contributed by atoms with Crippen molar-refractivity contribution in [1.29, 1.82) is 0 Å². The van der Waals surface area contributed by atoms with Gasteiger partial charge >= 0.3 is 0 Å². The Balaban J connectivity index is 1.58. The van der Waals surface area contributed by atoms with E-state index in [4.69, 9.17) is 9.47 Å². The molecule has 0 radical (unpaired) electrons. The first-order chi connectivity index (χ1) is 10.8. The van der Waals surface area contributed by atoms with Gasteiger partial charge in [-0.25, -0.2) is 4.98 Å². The number of nitrogens with one attached hydrogen (secondary N) is 1. The maximum absolute atomic E-state index is 5.67. The van der Waals surface area contributed by atoms with E-state index in [1.165, 1.54) is 0 Å². The average molecular weight is 323 g/mol. The number of aromatic nitrogens is 2. The summed E-state index contributed by atoms with van der Waals surface area (Å²) in [4.78, 5) is 12.1. The van der Waals surface area contributed by atoms with Crippen LogP contribution in [0.15, 0.2) is 22.8 Å². The molecule has 1 fully saturated rings. The summed E-state index contributed by atoms with van der Waals surface area (Å²) in [7, 11) is 3.49. The molecule has 0 aliphatic carbocycles. The van der Waals surface area contributed by atoms with Gasteiger partial charge in [0.05, 0.1) is 31.6 Å². The van der Waals surface area contributed by atoms with Crippen LogP contribution in [0.3, 0.4) is 0 Å². The summed E-state index contributed by atoms with van der Waals surface area (Å²) in [5, 5.41) is 5.41. The predicted octanol–water partition coefficient (Wildman–Crippen LogP) is 0.818. The van der Waals surface area contributed by atoms with Crippen LogP contribution >= 0.6 is 11.3 Å². The Hall–Kier alpha value is -1.64. The topological polar surface area (TPSA) is 63.4 Å². The van der Waals surface area contributed by atoms with Gasteiger partial charge in [-0.3, -0.25) is 9.39 Å². The molecule has 22 heavy (non-hydrogen) atoms. The SMILES string of the molecule is CN=C(NCc1cn2ccsc2n1)N1CCOC(COC)C1. The molecule has 120 valence electrons. The van der Waals surface area contributed by atoms with Crippen molar-refractivity contribution in [2.75, 3.05) is 40.5 Å². The van der Waals surface area contributed by atoms with Crippen LogP contribution < -0.4 is 5.32 Å². The molecule has 1 unspecified atom stereocenters. The second-order valence-electron chi connectivity index (χ2n) is 5.12. The molecule has 1 N–H and O–H groups in total. The van der Waals surface area contributed by atoms with Crippen molar-refractivity contribution in [1.82, 2.24) is 19.6 Å². The Morgan fingerprint density at radius 2 is 2.55 bits per heavy atom. The molecule has 3 rings (SSSR count). The monoisotopic (exact) mass is 323 g/mol. The number of morpholine rings is 1. The number of rotatable bonds is 4. The van der Waals surface area contributed by atoms with Gasteiger partial charge in [-0.1, -0.05) is 0 Å². The van der Waals surface area contributed by atoms with Gasteiger partial charge < -0.3 is 19.7 Å². The van der Waals surface area contributed by atoms with Crippen LogP contribution in [0.1, 0.15) is 5.69 Å². The summed E-state index contributed by atoms with van der Waals surface area (Å²) in [5.41, 5.74) is 1.01. The van der Waals surface area contributed by atoms with Gasteiger partial charge in [0.1, 0.15) is 0 Å². The highest BCUT2D eigenvalue weighted by Gasteiger charge is 2.22. The van der Waals surface area contributed by atoms with Gasteiger partial charge in [0, 0.05) is 45.0 Å². The Bertz CT molecular complexity index is 607. The lowest BCUT2D eigenvalue weighted by molar-refractivity contribution is -0.0447. The second kappa shape index (κ2) is 7.08. The third-order valence-corrected chi connectivity index (χ3v) is 4.34. The van der Waals surface area contributed by atoms with Crippen molar-refractivity contribution in [3.63, 3.8) is 0 Å². The van der Waals surface area contributed by atoms with E-state index >= 15 is 0 Å². The van der Waals surface area contributed by atoms with E-state index in [1.807, 2.05) is 22.2 Å². The molecule has 0 bridgehead atoms. The Morgan fingerprint density at radius 1 is 1.64 bits per heavy atom. The molecule has 0 spiro atoms. The number of guanidine groups is 1. The average Bonchev–Trinajstić information content (AvgIpc) is 3.10. The standard InChI is InChI=1S/C14H21N5O2S/c1-15-13(18-3-5-21-12(9-18)10-20-2)16-7-11-8-19-4-6-22-14(19)17-11/h4,6,8,12H,3,5,7,9-10H2,1-2H3,(H,15,16). The van der Waals surface area contributed by atoms with E-state index < -0.39 is 0 Å². The maximum Gasteiger partial charge on any atom is 0.194 e. The van der Waals surface area contributed by atoms with Crippen molar-refractivity contribution in [2.24, 2.45) is 4.99 Å². The smallest absolute Gasteiger partial charge is 0.194 e. The molecule has 2 aromatic heterocycles. The predicted molar refractivity (Wildman–Crippen MR) is 86.5 cm³/mol. The van der Waals surface area contributed by atoms with Gasteiger partial charge in [0.25, 0.3) is 0 Å². The highest BCUT2D eigenvalue weighted by Crippen LogP contribution is 2.11. The molecular formula is C14H21N5O2S. The highest BCUT2D eigenvalue weighted by molar-refractivity contribution is 7.15. The Labute approximate surface area is 133 Å². The maximum atomic E-state index is 5.67. The Morgan fingerprint density at radius 3 is 3.32 bits per heavy atom. The van der Waals surface area contributed by atoms with Gasteiger partial charge in [-0.15, -0.1) is 11.3 Å². The zero-order chi connectivity index (χ0) is 15.4. The number of fused-ring (bicyclic) bond motifs is 1. The fraction of sp³-hybridized carbons (Fsp3) is 0.571. The molecule has 1 aliphatic heterocycles. The number of hydrogen-bond donors (Lipinski definition) is 1. The minimum atomic E-state index is 0.0928. The largest absolute Gasteiger partial charge is 0.382 e. The van der Waals surface area contributed by atoms with Crippen LogP contribution in [0.25, 0.3) is 4.96 Å². The lowest BCUT2D eigenvalue weighted by atomic mass is 10.3. The number of methoxy groups -OCH3 is 1. The van der Waals surface area contributed by atoms with E-state index in [-0.39, 0.29) is 6.10 Å². The van der Waals surface area contributed by atoms with Gasteiger partial charge in [-0.2, -0.15) is 0 Å². The fourth-order valence-electron chi connectivity index (χ4n) is 2.56. The molecule has 0 aromatic carbocycles. The third kappa shape index (κ3) is 3.40. The van der Waals surface area contributed by atoms with E-state index in [9.17, 15) is 0 Å². The summed E-state index contributed by atoms with van der Waals surface area (Å²) in [6.45, 7) is 3.57. The van der Waals surface area contributed by atoms with Crippen molar-refractivity contribution >= 4 is 22.3 Å². The molecule has 0 saturated carbocycles. The van der Waals surface area contributed by atoms with Crippen molar-refractivity contribution in [2.45, 2.75) is 12.6 Å². The van der Waals surface area contributed by atoms with Crippen molar-refractivity contribution in [3.8, 4) is 0 Å². The first-order valence-electron chi connectivity index (χ1n) is 7.27. The Kier molecular flexibility index (Phi) is 4.91. The normalized spacial score (nSPS) is 19.8. The summed E-state index contributed by atoms with van der Waals surface area (Å²) in [5.74, 6) is 0.876. The van der Waals surface area contributed by atoms with Crippen LogP contribution in [0.5, 0.6) is 0 Å². The number of nitrogens with zero attached hydrogens (tertiary/aromatic N) is 4. The highest BCUT2D eigenvalue weighted by atomic mass is 32.1. The number of hydrogen-bond acceptors (Lipinski definition) is 5. The summed E-state index contributed by atoms with van der Waals surface area (Å²) >= 11 is 1.63. The van der Waals surface area contributed by atoms with E-state index in [0.717, 1.165) is 29.7 Å². The van der Waals surface area contributed by atoms with Gasteiger partial charge in [0.2, 0.25) is 0 Å². The van der Waals surface area contributed by atoms with Gasteiger partial charge in [0.15, 0.2) is 10.9 Å². The third-order valence-electron chi connectivity index (χ3n) is 3.57. The van der Waals surface area contributed by atoms with E-state index in [1.54, 1.807) is 25.5 Å². The summed E-state index contributed by atoms with van der Waals surface area (Å²) in [6, 6.07) is 0. The van der Waals surface area contributed by atoms with Crippen LogP contribution in [-0.4, -0.2) is 66.8 Å². The van der Waals surface area contributed by atoms with Crippen LogP contribution in [0.4, 0.5) is 0 Å². The van der Waals surface area contributed by atoms with Crippen LogP contribution in [0.2, 0.25) is 0 Å². The molecule has 2 aromatic rings. The molecule has 1 saturated heterocycles. The fourth-order valence-corrected chi connectivity index (χ4v) is 3.28. The minimum Gasteiger partial charge on any atom is -0.382 e. The summed E-state index contributed by atoms with van der Waals surface area (Å²) < 4.78 is 12.9. The molecule has 0 amide bonds. The zero-order valence-electron chi connectivity index (χ0n) is 12.9. The zero-order valence-corrected chi connectivity index (χ0v) is 13.7. The molecule has 1 aliphatic rings. The first-order valence-corrected chi connectivity index (χ1v) is 8.15.